The Bertz CT molecular complexity index is 817. The molecule has 9 nitrogen and oxygen atoms in total. The molecule has 37 heavy (non-hydrogen) atoms. The minimum absolute atomic E-state index is 0.198. The Hall–Kier alpha value is -2.36. The molecule has 0 aromatic carbocycles. The van der Waals surface area contributed by atoms with Crippen LogP contribution < -0.4 is 10.6 Å². The number of carbonyl (C=O) groups is 3. The first-order valence-corrected chi connectivity index (χ1v) is 13.7. The van der Waals surface area contributed by atoms with E-state index in [0.29, 0.717) is 6.42 Å². The molecule has 9 heteroatoms. The highest BCUT2D eigenvalue weighted by molar-refractivity contribution is 6.10. The molecule has 0 saturated heterocycles. The van der Waals surface area contributed by atoms with Gasteiger partial charge in [0, 0.05) is 12.7 Å². The fourth-order valence-electron chi connectivity index (χ4n) is 4.17. The first-order valence-electron chi connectivity index (χ1n) is 13.7. The van der Waals surface area contributed by atoms with E-state index in [-0.39, 0.29) is 12.2 Å². The van der Waals surface area contributed by atoms with Crippen molar-refractivity contribution in [2.45, 2.75) is 115 Å². The van der Waals surface area contributed by atoms with E-state index < -0.39 is 41.4 Å². The Morgan fingerprint density at radius 3 is 1.89 bits per heavy atom. The van der Waals surface area contributed by atoms with E-state index in [1.54, 1.807) is 12.1 Å². The van der Waals surface area contributed by atoms with Crippen molar-refractivity contribution in [3.63, 3.8) is 0 Å². The van der Waals surface area contributed by atoms with Gasteiger partial charge in [-0.15, -0.1) is 0 Å². The molecule has 0 radical (unpaired) electrons. The standard InChI is InChI=1S/C28H47N3O6/c1-4-5-6-7-8-9-10-11-12-13-14-16-20-30-25(34)28(37,27(3,36)21-32)26(35)31-24(22(2)33)23-18-15-17-19-29-23/h15,17-19,24,32,36-37H,4-14,16,20-21H2,1-3H3,(H,30,34)(H,31,35). The molecule has 0 spiro atoms. The molecule has 1 rings (SSSR count). The Morgan fingerprint density at radius 1 is 0.892 bits per heavy atom. The maximum absolute atomic E-state index is 13.1. The van der Waals surface area contributed by atoms with Crippen molar-refractivity contribution in [2.24, 2.45) is 0 Å². The number of carbonyl (C=O) groups excluding carboxylic acids is 3. The summed E-state index contributed by atoms with van der Waals surface area (Å²) in [5, 5.41) is 36.1. The second kappa shape index (κ2) is 17.2. The maximum Gasteiger partial charge on any atom is 0.265 e. The van der Waals surface area contributed by atoms with Crippen molar-refractivity contribution in [1.82, 2.24) is 15.6 Å². The van der Waals surface area contributed by atoms with E-state index in [1.807, 2.05) is 0 Å². The lowest BCUT2D eigenvalue weighted by atomic mass is 9.82. The number of pyridine rings is 1. The molecule has 3 unspecified atom stereocenters. The van der Waals surface area contributed by atoms with Crippen LogP contribution >= 0.6 is 0 Å². The van der Waals surface area contributed by atoms with Gasteiger partial charge in [0.2, 0.25) is 0 Å². The highest BCUT2D eigenvalue weighted by Gasteiger charge is 2.58. The maximum atomic E-state index is 13.1. The molecular weight excluding hydrogens is 474 g/mol. The molecule has 1 aromatic heterocycles. The van der Waals surface area contributed by atoms with E-state index in [4.69, 9.17) is 0 Å². The van der Waals surface area contributed by atoms with E-state index in [2.05, 4.69) is 22.5 Å². The van der Waals surface area contributed by atoms with Crippen molar-refractivity contribution in [3.05, 3.63) is 30.1 Å². The summed E-state index contributed by atoms with van der Waals surface area (Å²) in [4.78, 5) is 42.2. The molecule has 3 atom stereocenters. The van der Waals surface area contributed by atoms with Gasteiger partial charge in [0.25, 0.3) is 17.4 Å². The summed E-state index contributed by atoms with van der Waals surface area (Å²) >= 11 is 0. The minimum Gasteiger partial charge on any atom is -0.393 e. The molecular formula is C28H47N3O6. The number of amides is 2. The van der Waals surface area contributed by atoms with E-state index in [0.717, 1.165) is 26.2 Å². The van der Waals surface area contributed by atoms with E-state index >= 15 is 0 Å². The monoisotopic (exact) mass is 521 g/mol. The molecule has 0 aliphatic heterocycles. The third-order valence-electron chi connectivity index (χ3n) is 6.73. The van der Waals surface area contributed by atoms with Gasteiger partial charge in [-0.1, -0.05) is 83.6 Å². The van der Waals surface area contributed by atoms with Gasteiger partial charge in [0.05, 0.1) is 12.3 Å². The topological polar surface area (TPSA) is 149 Å². The zero-order chi connectivity index (χ0) is 27.7. The summed E-state index contributed by atoms with van der Waals surface area (Å²) in [7, 11) is 0. The lowest BCUT2D eigenvalue weighted by Crippen LogP contribution is -2.70. The van der Waals surface area contributed by atoms with Gasteiger partial charge in [0.1, 0.15) is 11.6 Å². The van der Waals surface area contributed by atoms with Crippen LogP contribution in [0.4, 0.5) is 0 Å². The molecule has 1 heterocycles. The minimum atomic E-state index is -3.03. The summed E-state index contributed by atoms with van der Waals surface area (Å²) in [6.45, 7) is 3.58. The summed E-state index contributed by atoms with van der Waals surface area (Å²) in [5.41, 5.74) is -5.31. The molecule has 0 fully saturated rings. The number of aliphatic hydroxyl groups excluding tert-OH is 1. The van der Waals surface area contributed by atoms with Crippen molar-refractivity contribution in [1.29, 1.82) is 0 Å². The van der Waals surface area contributed by atoms with Crippen LogP contribution in [0.3, 0.4) is 0 Å². The van der Waals surface area contributed by atoms with Gasteiger partial charge < -0.3 is 26.0 Å². The summed E-state index contributed by atoms with van der Waals surface area (Å²) in [5.74, 6) is -2.92. The number of aromatic nitrogens is 1. The zero-order valence-electron chi connectivity index (χ0n) is 22.8. The number of rotatable bonds is 20. The number of aliphatic hydroxyl groups is 3. The molecule has 5 N–H and O–H groups in total. The second-order valence-electron chi connectivity index (χ2n) is 10.1. The number of ketones is 1. The first kappa shape index (κ1) is 32.7. The van der Waals surface area contributed by atoms with Crippen molar-refractivity contribution < 1.29 is 29.7 Å². The molecule has 2 amide bonds. The summed E-state index contributed by atoms with van der Waals surface area (Å²) in [6, 6.07) is 3.54. The molecule has 0 saturated carbocycles. The summed E-state index contributed by atoms with van der Waals surface area (Å²) in [6.07, 6.45) is 15.3. The number of nitrogens with zero attached hydrogens (tertiary/aromatic N) is 1. The average molecular weight is 522 g/mol. The number of Topliss-reactive ketones (excluding diaryl/α,β-unsaturated/α-hetero) is 1. The van der Waals surface area contributed by atoms with Crippen molar-refractivity contribution >= 4 is 17.6 Å². The van der Waals surface area contributed by atoms with Crippen LogP contribution in [0.15, 0.2) is 24.4 Å². The number of hydrogen-bond donors (Lipinski definition) is 5. The highest BCUT2D eigenvalue weighted by atomic mass is 16.4. The van der Waals surface area contributed by atoms with Crippen LogP contribution in [0, 0.1) is 0 Å². The van der Waals surface area contributed by atoms with Crippen LogP contribution in [0.1, 0.15) is 110 Å². The SMILES string of the molecule is CCCCCCCCCCCCCCNC(=O)C(O)(C(=O)NC(C(C)=O)c1ccccn1)C(C)(O)CO. The number of unbranched alkanes of at least 4 members (excludes halogenated alkanes) is 11. The van der Waals surface area contributed by atoms with Crippen LogP contribution in [-0.2, 0) is 14.4 Å². The molecule has 0 aliphatic carbocycles. The fourth-order valence-corrected chi connectivity index (χ4v) is 4.17. The van der Waals surface area contributed by atoms with Gasteiger partial charge in [0.15, 0.2) is 5.78 Å². The van der Waals surface area contributed by atoms with Gasteiger partial charge in [-0.2, -0.15) is 0 Å². The Balaban J connectivity index is 2.56. The van der Waals surface area contributed by atoms with E-state index in [9.17, 15) is 29.7 Å². The van der Waals surface area contributed by atoms with Crippen LogP contribution in [0.2, 0.25) is 0 Å². The van der Waals surface area contributed by atoms with Gasteiger partial charge in [-0.05, 0) is 32.4 Å². The predicted octanol–water partition coefficient (Wildman–Crippen LogP) is 3.12. The quantitative estimate of drug-likeness (QED) is 0.131. The van der Waals surface area contributed by atoms with Crippen LogP contribution in [0.5, 0.6) is 0 Å². The Labute approximate surface area is 221 Å². The fraction of sp³-hybridized carbons (Fsp3) is 0.714. The first-order chi connectivity index (χ1) is 17.6. The number of hydrogen-bond acceptors (Lipinski definition) is 7. The van der Waals surface area contributed by atoms with E-state index in [1.165, 1.54) is 70.6 Å². The molecule has 210 valence electrons. The smallest absolute Gasteiger partial charge is 0.265 e. The van der Waals surface area contributed by atoms with Crippen molar-refractivity contribution in [3.8, 4) is 0 Å². The Morgan fingerprint density at radius 2 is 1.43 bits per heavy atom. The lowest BCUT2D eigenvalue weighted by molar-refractivity contribution is -0.189. The summed E-state index contributed by atoms with van der Waals surface area (Å²) < 4.78 is 0. The largest absolute Gasteiger partial charge is 0.393 e. The third kappa shape index (κ3) is 10.5. The highest BCUT2D eigenvalue weighted by Crippen LogP contribution is 2.25. The Kier molecular flexibility index (Phi) is 15.2. The number of nitrogens with one attached hydrogen (secondary N) is 2. The average Bonchev–Trinajstić information content (AvgIpc) is 2.89. The molecule has 0 bridgehead atoms. The molecule has 0 aliphatic rings. The lowest BCUT2D eigenvalue weighted by Gasteiger charge is -2.37. The predicted molar refractivity (Wildman–Crippen MR) is 143 cm³/mol. The van der Waals surface area contributed by atoms with Crippen molar-refractivity contribution in [2.75, 3.05) is 13.2 Å². The second-order valence-corrected chi connectivity index (χ2v) is 10.1. The van der Waals surface area contributed by atoms with Gasteiger partial charge in [-0.3, -0.25) is 19.4 Å². The van der Waals surface area contributed by atoms with Crippen LogP contribution in [-0.4, -0.2) is 62.3 Å². The zero-order valence-corrected chi connectivity index (χ0v) is 22.8. The third-order valence-corrected chi connectivity index (χ3v) is 6.73. The normalized spacial score (nSPS) is 15.3. The molecule has 1 aromatic rings. The van der Waals surface area contributed by atoms with Gasteiger partial charge in [-0.25, -0.2) is 0 Å². The van der Waals surface area contributed by atoms with Gasteiger partial charge >= 0.3 is 0 Å². The van der Waals surface area contributed by atoms with Crippen LogP contribution in [0.25, 0.3) is 0 Å².